The normalized spacial score (nSPS) is 11.8. The topological polar surface area (TPSA) is 87.7 Å². The van der Waals surface area contributed by atoms with E-state index in [0.717, 1.165) is 0 Å². The first-order chi connectivity index (χ1) is 8.42. The SMILES string of the molecule is CCNC(=O)NC(=O)C(C)N(C)CC(=O)OCC. The smallest absolute Gasteiger partial charge is 0.321 e. The van der Waals surface area contributed by atoms with Gasteiger partial charge >= 0.3 is 12.0 Å². The molecule has 0 spiro atoms. The molecule has 0 aliphatic carbocycles. The van der Waals surface area contributed by atoms with Crippen molar-refractivity contribution in [2.45, 2.75) is 26.8 Å². The van der Waals surface area contributed by atoms with Crippen molar-refractivity contribution in [1.82, 2.24) is 15.5 Å². The Morgan fingerprint density at radius 2 is 1.89 bits per heavy atom. The number of carbonyl (C=O) groups is 3. The molecule has 3 amide bonds. The van der Waals surface area contributed by atoms with Crippen LogP contribution in [0.2, 0.25) is 0 Å². The van der Waals surface area contributed by atoms with Crippen molar-refractivity contribution in [3.05, 3.63) is 0 Å². The molecule has 0 aromatic carbocycles. The molecular weight excluding hydrogens is 238 g/mol. The lowest BCUT2D eigenvalue weighted by Crippen LogP contribution is -2.49. The minimum Gasteiger partial charge on any atom is -0.465 e. The maximum Gasteiger partial charge on any atom is 0.321 e. The molecule has 0 radical (unpaired) electrons. The second kappa shape index (κ2) is 8.46. The summed E-state index contributed by atoms with van der Waals surface area (Å²) in [4.78, 5) is 35.5. The molecule has 0 saturated carbocycles. The number of urea groups is 1. The van der Waals surface area contributed by atoms with Crippen molar-refractivity contribution < 1.29 is 19.1 Å². The Kier molecular flexibility index (Phi) is 7.69. The number of amides is 3. The number of ether oxygens (including phenoxy) is 1. The number of hydrogen-bond donors (Lipinski definition) is 2. The molecule has 1 unspecified atom stereocenters. The summed E-state index contributed by atoms with van der Waals surface area (Å²) in [5, 5.41) is 4.63. The molecule has 0 bridgehead atoms. The van der Waals surface area contributed by atoms with Crippen molar-refractivity contribution >= 4 is 17.9 Å². The van der Waals surface area contributed by atoms with Crippen LogP contribution in [0.25, 0.3) is 0 Å². The predicted octanol–water partition coefficient (Wildman–Crippen LogP) is -0.284. The lowest BCUT2D eigenvalue weighted by molar-refractivity contribution is -0.145. The quantitative estimate of drug-likeness (QED) is 0.640. The van der Waals surface area contributed by atoms with Crippen LogP contribution in [0.3, 0.4) is 0 Å². The molecule has 0 heterocycles. The average Bonchev–Trinajstić information content (AvgIpc) is 2.28. The van der Waals surface area contributed by atoms with Gasteiger partial charge in [-0.3, -0.25) is 19.8 Å². The standard InChI is InChI=1S/C11H21N3O4/c1-5-12-11(17)13-10(16)8(3)14(4)7-9(15)18-6-2/h8H,5-7H2,1-4H3,(H2,12,13,16,17). The fraction of sp³-hybridized carbons (Fsp3) is 0.727. The van der Waals surface area contributed by atoms with Crippen LogP contribution in [0, 0.1) is 0 Å². The summed E-state index contributed by atoms with van der Waals surface area (Å²) in [6.07, 6.45) is 0. The van der Waals surface area contributed by atoms with Gasteiger partial charge in [0, 0.05) is 6.54 Å². The number of imide groups is 1. The monoisotopic (exact) mass is 259 g/mol. The van der Waals surface area contributed by atoms with Crippen LogP contribution in [0.1, 0.15) is 20.8 Å². The van der Waals surface area contributed by atoms with E-state index in [0.29, 0.717) is 13.2 Å². The Balaban J connectivity index is 4.19. The van der Waals surface area contributed by atoms with E-state index in [1.807, 2.05) is 0 Å². The fourth-order valence-electron chi connectivity index (χ4n) is 1.17. The number of likely N-dealkylation sites (N-methyl/N-ethyl adjacent to an activating group) is 1. The van der Waals surface area contributed by atoms with Crippen molar-refractivity contribution in [3.8, 4) is 0 Å². The molecule has 7 heteroatoms. The first kappa shape index (κ1) is 16.4. The second-order valence-corrected chi connectivity index (χ2v) is 3.74. The molecule has 0 fully saturated rings. The van der Waals surface area contributed by atoms with E-state index >= 15 is 0 Å². The van der Waals surface area contributed by atoms with Gasteiger partial charge in [0.2, 0.25) is 5.91 Å². The zero-order chi connectivity index (χ0) is 14.1. The molecule has 0 aliphatic heterocycles. The first-order valence-corrected chi connectivity index (χ1v) is 5.86. The number of esters is 1. The zero-order valence-corrected chi connectivity index (χ0v) is 11.3. The molecule has 0 saturated heterocycles. The molecule has 0 aromatic rings. The van der Waals surface area contributed by atoms with E-state index in [-0.39, 0.29) is 6.54 Å². The molecule has 18 heavy (non-hydrogen) atoms. The van der Waals surface area contributed by atoms with Crippen molar-refractivity contribution in [3.63, 3.8) is 0 Å². The molecule has 2 N–H and O–H groups in total. The van der Waals surface area contributed by atoms with Gasteiger partial charge in [-0.1, -0.05) is 0 Å². The van der Waals surface area contributed by atoms with Crippen LogP contribution in [0.4, 0.5) is 4.79 Å². The van der Waals surface area contributed by atoms with Crippen molar-refractivity contribution in [1.29, 1.82) is 0 Å². The molecule has 104 valence electrons. The molecule has 1 atom stereocenters. The average molecular weight is 259 g/mol. The number of rotatable bonds is 6. The summed E-state index contributed by atoms with van der Waals surface area (Å²) < 4.78 is 4.77. The highest BCUT2D eigenvalue weighted by molar-refractivity contribution is 5.96. The highest BCUT2D eigenvalue weighted by Crippen LogP contribution is 1.96. The Morgan fingerprint density at radius 1 is 1.28 bits per heavy atom. The largest absolute Gasteiger partial charge is 0.465 e. The third-order valence-corrected chi connectivity index (χ3v) is 2.30. The molecule has 0 rings (SSSR count). The number of nitrogens with zero attached hydrogens (tertiary/aromatic N) is 1. The van der Waals surface area contributed by atoms with Gasteiger partial charge in [-0.25, -0.2) is 4.79 Å². The van der Waals surface area contributed by atoms with Gasteiger partial charge in [-0.15, -0.1) is 0 Å². The summed E-state index contributed by atoms with van der Waals surface area (Å²) in [5.74, 6) is -0.870. The third kappa shape index (κ3) is 6.19. The Bertz CT molecular complexity index is 307. The number of hydrogen-bond acceptors (Lipinski definition) is 5. The first-order valence-electron chi connectivity index (χ1n) is 5.86. The highest BCUT2D eigenvalue weighted by atomic mass is 16.5. The van der Waals surface area contributed by atoms with Crippen LogP contribution in [-0.2, 0) is 14.3 Å². The molecule has 0 aromatic heterocycles. The van der Waals surface area contributed by atoms with Gasteiger partial charge in [-0.2, -0.15) is 0 Å². The zero-order valence-electron chi connectivity index (χ0n) is 11.3. The van der Waals surface area contributed by atoms with Crippen molar-refractivity contribution in [2.75, 3.05) is 26.7 Å². The van der Waals surface area contributed by atoms with E-state index in [1.165, 1.54) is 4.90 Å². The minimum atomic E-state index is -0.600. The van der Waals surface area contributed by atoms with Gasteiger partial charge in [0.25, 0.3) is 0 Å². The van der Waals surface area contributed by atoms with Crippen LogP contribution >= 0.6 is 0 Å². The summed E-state index contributed by atoms with van der Waals surface area (Å²) in [6, 6.07) is -1.14. The summed E-state index contributed by atoms with van der Waals surface area (Å²) in [6.45, 7) is 5.80. The second-order valence-electron chi connectivity index (χ2n) is 3.74. The third-order valence-electron chi connectivity index (χ3n) is 2.30. The summed E-state index contributed by atoms with van der Waals surface area (Å²) in [7, 11) is 1.61. The number of nitrogens with one attached hydrogen (secondary N) is 2. The van der Waals surface area contributed by atoms with E-state index in [2.05, 4.69) is 10.6 Å². The van der Waals surface area contributed by atoms with Crippen LogP contribution in [0.15, 0.2) is 0 Å². The van der Waals surface area contributed by atoms with Crippen molar-refractivity contribution in [2.24, 2.45) is 0 Å². The van der Waals surface area contributed by atoms with Gasteiger partial charge in [0.15, 0.2) is 0 Å². The number of carbonyl (C=O) groups excluding carboxylic acids is 3. The Morgan fingerprint density at radius 3 is 2.39 bits per heavy atom. The van der Waals surface area contributed by atoms with Gasteiger partial charge < -0.3 is 10.1 Å². The Hall–Kier alpha value is -1.63. The summed E-state index contributed by atoms with van der Waals surface area (Å²) >= 11 is 0. The summed E-state index contributed by atoms with van der Waals surface area (Å²) in [5.41, 5.74) is 0. The maximum atomic E-state index is 11.6. The van der Waals surface area contributed by atoms with E-state index in [1.54, 1.807) is 27.8 Å². The van der Waals surface area contributed by atoms with E-state index < -0.39 is 23.9 Å². The lowest BCUT2D eigenvalue weighted by Gasteiger charge is -2.22. The van der Waals surface area contributed by atoms with E-state index in [4.69, 9.17) is 4.74 Å². The van der Waals surface area contributed by atoms with Gasteiger partial charge in [-0.05, 0) is 27.8 Å². The van der Waals surface area contributed by atoms with Crippen LogP contribution in [0.5, 0.6) is 0 Å². The lowest BCUT2D eigenvalue weighted by atomic mass is 10.3. The Labute approximate surface area is 107 Å². The highest BCUT2D eigenvalue weighted by Gasteiger charge is 2.21. The fourth-order valence-corrected chi connectivity index (χ4v) is 1.17. The van der Waals surface area contributed by atoms with Crippen LogP contribution < -0.4 is 10.6 Å². The molecule has 0 aliphatic rings. The van der Waals surface area contributed by atoms with Crippen LogP contribution in [-0.4, -0.2) is 55.6 Å². The molecule has 7 nitrogen and oxygen atoms in total. The van der Waals surface area contributed by atoms with E-state index in [9.17, 15) is 14.4 Å². The molecular formula is C11H21N3O4. The van der Waals surface area contributed by atoms with Gasteiger partial charge in [0.05, 0.1) is 19.2 Å². The predicted molar refractivity (Wildman–Crippen MR) is 65.9 cm³/mol. The van der Waals surface area contributed by atoms with Gasteiger partial charge in [0.1, 0.15) is 0 Å². The minimum absolute atomic E-state index is 0.00216. The maximum absolute atomic E-state index is 11.6.